The quantitative estimate of drug-likeness (QED) is 0.363. The van der Waals surface area contributed by atoms with Gasteiger partial charge in [-0.15, -0.1) is 0 Å². The third-order valence-corrected chi connectivity index (χ3v) is 6.65. The van der Waals surface area contributed by atoms with Gasteiger partial charge in [-0.05, 0) is 35.9 Å². The van der Waals surface area contributed by atoms with E-state index >= 15 is 0 Å². The van der Waals surface area contributed by atoms with Gasteiger partial charge in [0.05, 0.1) is 20.1 Å². The molecule has 2 aliphatic rings. The first-order chi connectivity index (χ1) is 17.3. The van der Waals surface area contributed by atoms with Gasteiger partial charge in [-0.3, -0.25) is 24.5 Å². The molecule has 5 rings (SSSR count). The number of rotatable bonds is 8. The van der Waals surface area contributed by atoms with E-state index in [1.807, 2.05) is 6.07 Å². The second-order valence-corrected chi connectivity index (χ2v) is 8.93. The van der Waals surface area contributed by atoms with Crippen LogP contribution < -0.4 is 15.4 Å². The SMILES string of the molecule is COCCNC(=O)c1ccc2cc([C@]3(CN4Cc5ccc(OC)cc5C4=O)CC(=O)NC3=O)oc2c1. The van der Waals surface area contributed by atoms with Gasteiger partial charge in [0.2, 0.25) is 11.8 Å². The van der Waals surface area contributed by atoms with Crippen LogP contribution in [0.1, 0.15) is 38.5 Å². The van der Waals surface area contributed by atoms with Crippen LogP contribution in [0.2, 0.25) is 0 Å². The van der Waals surface area contributed by atoms with Crippen LogP contribution in [0.25, 0.3) is 11.0 Å². The molecule has 0 aliphatic carbocycles. The zero-order valence-corrected chi connectivity index (χ0v) is 19.9. The van der Waals surface area contributed by atoms with Crippen LogP contribution in [0.4, 0.5) is 0 Å². The Kier molecular flexibility index (Phi) is 5.97. The van der Waals surface area contributed by atoms with Crippen molar-refractivity contribution >= 4 is 34.6 Å². The Morgan fingerprint density at radius 1 is 1.14 bits per heavy atom. The molecule has 0 saturated carbocycles. The number of furan rings is 1. The first-order valence-electron chi connectivity index (χ1n) is 11.5. The molecule has 2 aromatic carbocycles. The maximum Gasteiger partial charge on any atom is 0.254 e. The molecule has 1 atom stereocenters. The highest BCUT2D eigenvalue weighted by Crippen LogP contribution is 2.39. The maximum absolute atomic E-state index is 13.2. The number of hydrogen-bond acceptors (Lipinski definition) is 7. The van der Waals surface area contributed by atoms with Gasteiger partial charge in [0.25, 0.3) is 11.8 Å². The number of hydrogen-bond donors (Lipinski definition) is 2. The monoisotopic (exact) mass is 491 g/mol. The Labute approximate surface area is 206 Å². The van der Waals surface area contributed by atoms with Crippen molar-refractivity contribution in [3.8, 4) is 5.75 Å². The van der Waals surface area contributed by atoms with Gasteiger partial charge >= 0.3 is 0 Å². The first-order valence-corrected chi connectivity index (χ1v) is 11.5. The van der Waals surface area contributed by atoms with Crippen molar-refractivity contribution in [1.29, 1.82) is 0 Å². The molecule has 0 unspecified atom stereocenters. The average Bonchev–Trinajstić information content (AvgIpc) is 3.52. The van der Waals surface area contributed by atoms with E-state index < -0.39 is 17.2 Å². The molecule has 0 spiro atoms. The average molecular weight is 492 g/mol. The van der Waals surface area contributed by atoms with Gasteiger partial charge in [-0.1, -0.05) is 12.1 Å². The highest BCUT2D eigenvalue weighted by molar-refractivity contribution is 6.10. The Morgan fingerprint density at radius 3 is 2.69 bits per heavy atom. The lowest BCUT2D eigenvalue weighted by Gasteiger charge is -2.28. The van der Waals surface area contributed by atoms with Crippen LogP contribution >= 0.6 is 0 Å². The zero-order chi connectivity index (χ0) is 25.4. The minimum atomic E-state index is -1.39. The van der Waals surface area contributed by atoms with Crippen molar-refractivity contribution in [3.63, 3.8) is 0 Å². The van der Waals surface area contributed by atoms with E-state index in [0.29, 0.717) is 47.5 Å². The number of fused-ring (bicyclic) bond motifs is 2. The summed E-state index contributed by atoms with van der Waals surface area (Å²) in [6, 6.07) is 11.9. The minimum absolute atomic E-state index is 0.0371. The van der Waals surface area contributed by atoms with Crippen molar-refractivity contribution < 1.29 is 33.1 Å². The summed E-state index contributed by atoms with van der Waals surface area (Å²) < 4.78 is 16.3. The maximum atomic E-state index is 13.2. The molecule has 2 aliphatic heterocycles. The lowest BCUT2D eigenvalue weighted by atomic mass is 9.82. The van der Waals surface area contributed by atoms with Crippen molar-refractivity contribution in [2.24, 2.45) is 0 Å². The number of amides is 4. The van der Waals surface area contributed by atoms with Crippen LogP contribution in [-0.4, -0.2) is 62.4 Å². The van der Waals surface area contributed by atoms with Gasteiger partial charge < -0.3 is 24.1 Å². The Balaban J connectivity index is 1.46. The van der Waals surface area contributed by atoms with E-state index in [2.05, 4.69) is 10.6 Å². The molecule has 2 N–H and O–H groups in total. The largest absolute Gasteiger partial charge is 0.497 e. The van der Waals surface area contributed by atoms with Gasteiger partial charge in [-0.25, -0.2) is 0 Å². The molecule has 186 valence electrons. The smallest absolute Gasteiger partial charge is 0.254 e. The van der Waals surface area contributed by atoms with Gasteiger partial charge in [0.15, 0.2) is 0 Å². The van der Waals surface area contributed by atoms with Crippen molar-refractivity contribution in [2.75, 3.05) is 33.9 Å². The number of carbonyl (C=O) groups is 4. The van der Waals surface area contributed by atoms with E-state index in [1.54, 1.807) is 48.4 Å². The van der Waals surface area contributed by atoms with E-state index in [1.165, 1.54) is 7.11 Å². The van der Waals surface area contributed by atoms with E-state index in [9.17, 15) is 19.2 Å². The van der Waals surface area contributed by atoms with Crippen LogP contribution in [-0.2, 0) is 26.3 Å². The topological polar surface area (TPSA) is 127 Å². The molecular formula is C26H25N3O7. The molecule has 3 heterocycles. The number of carbonyl (C=O) groups excluding carboxylic acids is 4. The fourth-order valence-corrected chi connectivity index (χ4v) is 4.75. The number of ether oxygens (including phenoxy) is 2. The van der Waals surface area contributed by atoms with Gasteiger partial charge in [-0.2, -0.15) is 0 Å². The Morgan fingerprint density at radius 2 is 1.97 bits per heavy atom. The van der Waals surface area contributed by atoms with E-state index in [-0.39, 0.29) is 30.5 Å². The first kappa shape index (κ1) is 23.6. The molecule has 1 saturated heterocycles. The highest BCUT2D eigenvalue weighted by Gasteiger charge is 2.53. The summed E-state index contributed by atoms with van der Waals surface area (Å²) in [5, 5.41) is 5.79. The van der Waals surface area contributed by atoms with Crippen LogP contribution in [0.15, 0.2) is 46.9 Å². The van der Waals surface area contributed by atoms with Crippen LogP contribution in [0.5, 0.6) is 5.75 Å². The fourth-order valence-electron chi connectivity index (χ4n) is 4.75. The summed E-state index contributed by atoms with van der Waals surface area (Å²) in [6.45, 7) is 1.01. The molecular weight excluding hydrogens is 466 g/mol. The zero-order valence-electron chi connectivity index (χ0n) is 19.9. The molecule has 3 aromatic rings. The molecule has 1 fully saturated rings. The normalized spacial score (nSPS) is 19.1. The number of nitrogens with one attached hydrogen (secondary N) is 2. The summed E-state index contributed by atoms with van der Waals surface area (Å²) in [7, 11) is 3.08. The van der Waals surface area contributed by atoms with E-state index in [4.69, 9.17) is 13.9 Å². The number of benzene rings is 2. The molecule has 1 aromatic heterocycles. The number of imide groups is 1. The standard InChI is InChI=1S/C26H25N3O7/c1-34-8-7-27-23(31)16-4-3-15-10-21(36-20(15)9-16)26(12-22(30)28-25(26)33)14-29-13-17-5-6-18(35-2)11-19(17)24(29)32/h3-6,9-11H,7-8,12-14H2,1-2H3,(H,27,31)(H,28,30,33)/t26-/m1/s1. The van der Waals surface area contributed by atoms with Gasteiger partial charge in [0, 0.05) is 43.3 Å². The summed E-state index contributed by atoms with van der Waals surface area (Å²) in [5.41, 5.74) is 0.715. The number of nitrogens with zero attached hydrogens (tertiary/aromatic N) is 1. The second-order valence-electron chi connectivity index (χ2n) is 8.93. The summed E-state index contributed by atoms with van der Waals surface area (Å²) in [5.74, 6) is -0.673. The lowest BCUT2D eigenvalue weighted by molar-refractivity contribution is -0.127. The molecule has 0 bridgehead atoms. The fraction of sp³-hybridized carbons (Fsp3) is 0.308. The Hall–Kier alpha value is -4.18. The highest BCUT2D eigenvalue weighted by atomic mass is 16.5. The van der Waals surface area contributed by atoms with E-state index in [0.717, 1.165) is 5.56 Å². The molecule has 36 heavy (non-hydrogen) atoms. The Bertz CT molecular complexity index is 1400. The van der Waals surface area contributed by atoms with Crippen LogP contribution in [0, 0.1) is 0 Å². The summed E-state index contributed by atoms with van der Waals surface area (Å²) >= 11 is 0. The third-order valence-electron chi connectivity index (χ3n) is 6.65. The molecule has 0 radical (unpaired) electrons. The number of methoxy groups -OCH3 is 2. The van der Waals surface area contributed by atoms with Gasteiger partial charge in [0.1, 0.15) is 22.5 Å². The molecule has 10 heteroatoms. The predicted octanol–water partition coefficient (Wildman–Crippen LogP) is 1.76. The third kappa shape index (κ3) is 3.99. The second kappa shape index (κ2) is 9.12. The summed E-state index contributed by atoms with van der Waals surface area (Å²) in [4.78, 5) is 52.6. The summed E-state index contributed by atoms with van der Waals surface area (Å²) in [6.07, 6.45) is -0.153. The van der Waals surface area contributed by atoms with Crippen molar-refractivity contribution in [1.82, 2.24) is 15.5 Å². The van der Waals surface area contributed by atoms with Crippen molar-refractivity contribution in [2.45, 2.75) is 18.4 Å². The molecule has 10 nitrogen and oxygen atoms in total. The van der Waals surface area contributed by atoms with Crippen LogP contribution in [0.3, 0.4) is 0 Å². The minimum Gasteiger partial charge on any atom is -0.497 e. The molecule has 4 amide bonds. The lowest BCUT2D eigenvalue weighted by Crippen LogP contribution is -2.46. The van der Waals surface area contributed by atoms with Crippen molar-refractivity contribution in [3.05, 3.63) is 64.9 Å². The predicted molar refractivity (Wildman–Crippen MR) is 128 cm³/mol.